The maximum atomic E-state index is 13.0. The van der Waals surface area contributed by atoms with Gasteiger partial charge < -0.3 is 9.47 Å². The van der Waals surface area contributed by atoms with Crippen molar-refractivity contribution in [2.45, 2.75) is 37.0 Å². The van der Waals surface area contributed by atoms with E-state index in [2.05, 4.69) is 0 Å². The SMILES string of the molecule is Cc1ccc(S(=O)(=O)OC[C@@H]2C[C@@H](OC(=O)c3ccccc3)CN2C(=O)OCc2ccc([N+](=O)[O-])cc2)cc1. The number of hydrogen-bond donors (Lipinski definition) is 0. The lowest BCUT2D eigenvalue weighted by Gasteiger charge is -2.23. The number of nitrogens with zero attached hydrogens (tertiary/aromatic N) is 2. The first-order valence-corrected chi connectivity index (χ1v) is 13.4. The minimum absolute atomic E-state index is 0.0227. The Morgan fingerprint density at radius 1 is 1.00 bits per heavy atom. The number of amides is 1. The average Bonchev–Trinajstić information content (AvgIpc) is 3.34. The van der Waals surface area contributed by atoms with Crippen LogP contribution in [0.15, 0.2) is 83.8 Å². The Balaban J connectivity index is 1.44. The van der Waals surface area contributed by atoms with Crippen LogP contribution >= 0.6 is 0 Å². The minimum Gasteiger partial charge on any atom is -0.457 e. The Labute approximate surface area is 225 Å². The summed E-state index contributed by atoms with van der Waals surface area (Å²) in [5.74, 6) is -0.575. The number of benzene rings is 3. The lowest BCUT2D eigenvalue weighted by Crippen LogP contribution is -2.39. The van der Waals surface area contributed by atoms with Gasteiger partial charge in [0, 0.05) is 18.6 Å². The molecule has 0 aliphatic carbocycles. The number of rotatable bonds is 9. The highest BCUT2D eigenvalue weighted by atomic mass is 32.2. The third kappa shape index (κ3) is 7.18. The summed E-state index contributed by atoms with van der Waals surface area (Å²) in [4.78, 5) is 37.1. The molecule has 0 bridgehead atoms. The molecule has 3 aromatic carbocycles. The molecule has 3 aromatic rings. The lowest BCUT2D eigenvalue weighted by molar-refractivity contribution is -0.384. The van der Waals surface area contributed by atoms with Gasteiger partial charge in [-0.15, -0.1) is 0 Å². The third-order valence-corrected chi connectivity index (χ3v) is 7.42. The van der Waals surface area contributed by atoms with E-state index in [1.165, 1.54) is 41.3 Å². The molecule has 2 atom stereocenters. The molecule has 1 aliphatic rings. The fourth-order valence-corrected chi connectivity index (χ4v) is 4.96. The van der Waals surface area contributed by atoms with E-state index < -0.39 is 39.2 Å². The Morgan fingerprint density at radius 2 is 1.67 bits per heavy atom. The molecule has 0 spiro atoms. The fraction of sp³-hybridized carbons (Fsp3) is 0.259. The van der Waals surface area contributed by atoms with E-state index in [0.717, 1.165) is 5.56 Å². The van der Waals surface area contributed by atoms with Gasteiger partial charge in [0.15, 0.2) is 0 Å². The number of nitro groups is 1. The van der Waals surface area contributed by atoms with Crippen LogP contribution in [0.2, 0.25) is 0 Å². The predicted molar refractivity (Wildman–Crippen MR) is 138 cm³/mol. The van der Waals surface area contributed by atoms with Crippen LogP contribution in [0, 0.1) is 17.0 Å². The monoisotopic (exact) mass is 554 g/mol. The zero-order valence-corrected chi connectivity index (χ0v) is 21.8. The molecular weight excluding hydrogens is 528 g/mol. The fourth-order valence-electron chi connectivity index (χ4n) is 4.02. The summed E-state index contributed by atoms with van der Waals surface area (Å²) in [6, 6.07) is 19.3. The van der Waals surface area contributed by atoms with Gasteiger partial charge in [-0.3, -0.25) is 19.2 Å². The van der Waals surface area contributed by atoms with Gasteiger partial charge in [-0.05, 0) is 48.9 Å². The normalized spacial score (nSPS) is 17.0. The molecule has 204 valence electrons. The Bertz CT molecular complexity index is 1430. The van der Waals surface area contributed by atoms with Gasteiger partial charge >= 0.3 is 12.1 Å². The Morgan fingerprint density at radius 3 is 2.31 bits per heavy atom. The number of ether oxygens (including phenoxy) is 2. The third-order valence-electron chi connectivity index (χ3n) is 6.13. The first-order chi connectivity index (χ1) is 18.6. The summed E-state index contributed by atoms with van der Waals surface area (Å²) >= 11 is 0. The zero-order chi connectivity index (χ0) is 28.0. The molecule has 4 rings (SSSR count). The summed E-state index contributed by atoms with van der Waals surface area (Å²) in [5, 5.41) is 10.8. The van der Waals surface area contributed by atoms with Gasteiger partial charge in [0.05, 0.1) is 34.6 Å². The van der Waals surface area contributed by atoms with E-state index in [1.54, 1.807) is 42.5 Å². The summed E-state index contributed by atoms with van der Waals surface area (Å²) in [6.45, 7) is 1.25. The van der Waals surface area contributed by atoms with Crippen molar-refractivity contribution >= 4 is 27.9 Å². The van der Waals surface area contributed by atoms with Crippen LogP contribution in [-0.2, 0) is 30.4 Å². The first-order valence-electron chi connectivity index (χ1n) is 12.0. The van der Waals surface area contributed by atoms with Crippen molar-refractivity contribution in [2.24, 2.45) is 0 Å². The molecule has 11 nitrogen and oxygen atoms in total. The number of hydrogen-bond acceptors (Lipinski definition) is 9. The Hall–Kier alpha value is -4.29. The van der Waals surface area contributed by atoms with Crippen molar-refractivity contribution in [3.8, 4) is 0 Å². The van der Waals surface area contributed by atoms with Gasteiger partial charge in [0.25, 0.3) is 15.8 Å². The predicted octanol–water partition coefficient (Wildman–Crippen LogP) is 4.25. The highest BCUT2D eigenvalue weighted by Gasteiger charge is 2.39. The molecule has 1 amide bonds. The Kier molecular flexibility index (Phi) is 8.57. The van der Waals surface area contributed by atoms with Gasteiger partial charge in [-0.1, -0.05) is 35.9 Å². The number of carbonyl (C=O) groups excluding carboxylic acids is 2. The van der Waals surface area contributed by atoms with Crippen LogP contribution in [0.5, 0.6) is 0 Å². The van der Waals surface area contributed by atoms with E-state index in [4.69, 9.17) is 13.7 Å². The van der Waals surface area contributed by atoms with E-state index in [0.29, 0.717) is 11.1 Å². The number of nitro benzene ring substituents is 1. The smallest absolute Gasteiger partial charge is 0.410 e. The molecule has 1 heterocycles. The van der Waals surface area contributed by atoms with E-state index in [1.807, 2.05) is 6.92 Å². The molecule has 0 saturated carbocycles. The second-order valence-corrected chi connectivity index (χ2v) is 10.6. The van der Waals surface area contributed by atoms with Crippen molar-refractivity contribution in [1.29, 1.82) is 0 Å². The standard InChI is InChI=1S/C27H26N2O9S/c1-19-7-13-25(14-8-19)39(34,35)37-18-23-15-24(38-26(30)21-5-3-2-4-6-21)16-28(23)27(31)36-17-20-9-11-22(12-10-20)29(32)33/h2-14,23-24H,15-18H2,1H3/t23-,24+/m0/s1. The van der Waals surface area contributed by atoms with E-state index in [-0.39, 0.29) is 36.8 Å². The topological polar surface area (TPSA) is 142 Å². The second kappa shape index (κ2) is 12.0. The van der Waals surface area contributed by atoms with Crippen LogP contribution in [-0.4, -0.2) is 55.6 Å². The van der Waals surface area contributed by atoms with E-state index >= 15 is 0 Å². The number of non-ortho nitro benzene ring substituents is 1. The van der Waals surface area contributed by atoms with Gasteiger partial charge in [0.2, 0.25) is 0 Å². The summed E-state index contributed by atoms with van der Waals surface area (Å²) < 4.78 is 41.7. The largest absolute Gasteiger partial charge is 0.457 e. The van der Waals surface area contributed by atoms with Crippen molar-refractivity contribution in [1.82, 2.24) is 4.90 Å². The summed E-state index contributed by atoms with van der Waals surface area (Å²) in [5.41, 5.74) is 1.65. The van der Waals surface area contributed by atoms with Crippen molar-refractivity contribution < 1.29 is 36.6 Å². The molecular formula is C27H26N2O9S. The molecule has 39 heavy (non-hydrogen) atoms. The maximum absolute atomic E-state index is 13.0. The summed E-state index contributed by atoms with van der Waals surface area (Å²) in [6.07, 6.45) is -1.36. The molecule has 0 radical (unpaired) electrons. The van der Waals surface area contributed by atoms with Gasteiger partial charge in [0.1, 0.15) is 12.7 Å². The van der Waals surface area contributed by atoms with Crippen LogP contribution in [0.4, 0.5) is 10.5 Å². The van der Waals surface area contributed by atoms with E-state index in [9.17, 15) is 28.1 Å². The molecule has 12 heteroatoms. The van der Waals surface area contributed by atoms with Crippen LogP contribution < -0.4 is 0 Å². The highest BCUT2D eigenvalue weighted by molar-refractivity contribution is 7.86. The second-order valence-electron chi connectivity index (χ2n) is 8.97. The molecule has 0 unspecified atom stereocenters. The molecule has 1 aliphatic heterocycles. The molecule has 0 N–H and O–H groups in total. The molecule has 1 fully saturated rings. The van der Waals surface area contributed by atoms with Crippen LogP contribution in [0.1, 0.15) is 27.9 Å². The number of carbonyl (C=O) groups is 2. The average molecular weight is 555 g/mol. The van der Waals surface area contributed by atoms with Crippen molar-refractivity contribution in [3.63, 3.8) is 0 Å². The maximum Gasteiger partial charge on any atom is 0.410 e. The number of aryl methyl sites for hydroxylation is 1. The highest BCUT2D eigenvalue weighted by Crippen LogP contribution is 2.25. The first kappa shape index (κ1) is 27.7. The quantitative estimate of drug-likeness (QED) is 0.164. The van der Waals surface area contributed by atoms with Crippen molar-refractivity contribution in [3.05, 3.63) is 106 Å². The number of esters is 1. The van der Waals surface area contributed by atoms with Crippen LogP contribution in [0.25, 0.3) is 0 Å². The zero-order valence-electron chi connectivity index (χ0n) is 21.0. The van der Waals surface area contributed by atoms with Gasteiger partial charge in [-0.25, -0.2) is 9.59 Å². The minimum atomic E-state index is -4.11. The lowest BCUT2D eigenvalue weighted by atomic mass is 10.2. The number of likely N-dealkylation sites (tertiary alicyclic amines) is 1. The van der Waals surface area contributed by atoms with Gasteiger partial charge in [-0.2, -0.15) is 8.42 Å². The van der Waals surface area contributed by atoms with Crippen molar-refractivity contribution in [2.75, 3.05) is 13.2 Å². The molecule has 0 aromatic heterocycles. The summed E-state index contributed by atoms with van der Waals surface area (Å²) in [7, 11) is -4.11. The van der Waals surface area contributed by atoms with Crippen LogP contribution in [0.3, 0.4) is 0 Å². The molecule has 1 saturated heterocycles.